The highest BCUT2D eigenvalue weighted by Gasteiger charge is 2.28. The van der Waals surface area contributed by atoms with Crippen molar-refractivity contribution in [2.75, 3.05) is 18.9 Å². The van der Waals surface area contributed by atoms with E-state index in [9.17, 15) is 4.79 Å². The van der Waals surface area contributed by atoms with Crippen molar-refractivity contribution in [1.82, 2.24) is 9.88 Å². The van der Waals surface area contributed by atoms with Crippen LogP contribution in [0, 0.1) is 5.92 Å². The number of rotatable bonds is 5. The summed E-state index contributed by atoms with van der Waals surface area (Å²) in [7, 11) is 1.82. The lowest BCUT2D eigenvalue weighted by Crippen LogP contribution is -2.38. The topological polar surface area (TPSA) is 45.2 Å². The van der Waals surface area contributed by atoms with Crippen LogP contribution in [0.5, 0.6) is 0 Å². The lowest BCUT2D eigenvalue weighted by Gasteiger charge is -2.26. The molecule has 2 rings (SSSR count). The normalized spacial score (nSPS) is 14.7. The average molecular weight is 247 g/mol. The van der Waals surface area contributed by atoms with E-state index in [-0.39, 0.29) is 11.9 Å². The Labute approximate surface area is 108 Å². The first-order valence-corrected chi connectivity index (χ1v) is 6.56. The molecular formula is C14H21N3O. The second-order valence-electron chi connectivity index (χ2n) is 5.18. The van der Waals surface area contributed by atoms with Gasteiger partial charge >= 0.3 is 0 Å². The maximum atomic E-state index is 12.4. The minimum Gasteiger partial charge on any atom is -0.373 e. The summed E-state index contributed by atoms with van der Waals surface area (Å²) in [5.74, 6) is 1.58. The molecule has 1 aliphatic rings. The van der Waals surface area contributed by atoms with Crippen LogP contribution in [0.3, 0.4) is 0 Å². The SMILES string of the molecule is CNc1ccc(C(=O)N(CC2CC2)C(C)C)cn1. The van der Waals surface area contributed by atoms with Crippen LogP contribution in [0.2, 0.25) is 0 Å². The molecule has 18 heavy (non-hydrogen) atoms. The van der Waals surface area contributed by atoms with Crippen molar-refractivity contribution in [2.45, 2.75) is 32.7 Å². The zero-order valence-electron chi connectivity index (χ0n) is 11.3. The molecular weight excluding hydrogens is 226 g/mol. The van der Waals surface area contributed by atoms with Gasteiger partial charge in [-0.3, -0.25) is 4.79 Å². The van der Waals surface area contributed by atoms with Crippen molar-refractivity contribution in [2.24, 2.45) is 5.92 Å². The fourth-order valence-corrected chi connectivity index (χ4v) is 1.94. The van der Waals surface area contributed by atoms with Crippen LogP contribution in [0.15, 0.2) is 18.3 Å². The lowest BCUT2D eigenvalue weighted by atomic mass is 10.2. The molecule has 0 unspecified atom stereocenters. The molecule has 0 atom stereocenters. The van der Waals surface area contributed by atoms with Gasteiger partial charge in [-0.05, 0) is 44.7 Å². The van der Waals surface area contributed by atoms with E-state index in [0.717, 1.165) is 12.4 Å². The van der Waals surface area contributed by atoms with Crippen molar-refractivity contribution in [1.29, 1.82) is 0 Å². The molecule has 0 saturated heterocycles. The molecule has 4 heteroatoms. The molecule has 0 bridgehead atoms. The number of nitrogens with zero attached hydrogens (tertiary/aromatic N) is 2. The molecule has 1 amide bonds. The van der Waals surface area contributed by atoms with Gasteiger partial charge in [0.2, 0.25) is 0 Å². The summed E-state index contributed by atoms with van der Waals surface area (Å²) in [4.78, 5) is 18.6. The number of pyridine rings is 1. The molecule has 1 saturated carbocycles. The molecule has 98 valence electrons. The van der Waals surface area contributed by atoms with Gasteiger partial charge in [0.15, 0.2) is 0 Å². The van der Waals surface area contributed by atoms with E-state index >= 15 is 0 Å². The van der Waals surface area contributed by atoms with Gasteiger partial charge in [-0.2, -0.15) is 0 Å². The van der Waals surface area contributed by atoms with E-state index in [2.05, 4.69) is 24.1 Å². The van der Waals surface area contributed by atoms with Gasteiger partial charge in [0.25, 0.3) is 5.91 Å². The van der Waals surface area contributed by atoms with Crippen molar-refractivity contribution < 1.29 is 4.79 Å². The zero-order valence-corrected chi connectivity index (χ0v) is 11.3. The standard InChI is InChI=1S/C14H21N3O/c1-10(2)17(9-11-4-5-11)14(18)12-6-7-13(15-3)16-8-12/h6-8,10-11H,4-5,9H2,1-3H3,(H,15,16). The van der Waals surface area contributed by atoms with E-state index < -0.39 is 0 Å². The third-order valence-corrected chi connectivity index (χ3v) is 3.30. The van der Waals surface area contributed by atoms with Gasteiger partial charge in [-0.25, -0.2) is 4.98 Å². The predicted octanol–water partition coefficient (Wildman–Crippen LogP) is 2.38. The Morgan fingerprint density at radius 3 is 2.67 bits per heavy atom. The first-order chi connectivity index (χ1) is 8.61. The fourth-order valence-electron chi connectivity index (χ4n) is 1.94. The van der Waals surface area contributed by atoms with E-state index in [4.69, 9.17) is 0 Å². The monoisotopic (exact) mass is 247 g/mol. The first kappa shape index (κ1) is 12.9. The Morgan fingerprint density at radius 1 is 1.50 bits per heavy atom. The Balaban J connectivity index is 2.10. The van der Waals surface area contributed by atoms with Crippen LogP contribution in [-0.2, 0) is 0 Å². The van der Waals surface area contributed by atoms with Crippen molar-refractivity contribution >= 4 is 11.7 Å². The van der Waals surface area contributed by atoms with Crippen molar-refractivity contribution in [3.63, 3.8) is 0 Å². The maximum absolute atomic E-state index is 12.4. The number of carbonyl (C=O) groups excluding carboxylic acids is 1. The quantitative estimate of drug-likeness (QED) is 0.869. The molecule has 1 aliphatic carbocycles. The van der Waals surface area contributed by atoms with E-state index in [1.807, 2.05) is 24.1 Å². The van der Waals surface area contributed by atoms with Gasteiger partial charge in [-0.1, -0.05) is 0 Å². The van der Waals surface area contributed by atoms with Crippen LogP contribution in [0.1, 0.15) is 37.0 Å². The molecule has 0 aromatic carbocycles. The van der Waals surface area contributed by atoms with Crippen molar-refractivity contribution in [3.05, 3.63) is 23.9 Å². The van der Waals surface area contributed by atoms with Gasteiger partial charge in [-0.15, -0.1) is 0 Å². The van der Waals surface area contributed by atoms with Gasteiger partial charge < -0.3 is 10.2 Å². The second-order valence-corrected chi connectivity index (χ2v) is 5.18. The predicted molar refractivity (Wildman–Crippen MR) is 72.7 cm³/mol. The molecule has 0 aliphatic heterocycles. The van der Waals surface area contributed by atoms with Crippen LogP contribution in [-0.4, -0.2) is 35.4 Å². The summed E-state index contributed by atoms with van der Waals surface area (Å²) in [6.45, 7) is 5.01. The molecule has 1 fully saturated rings. The summed E-state index contributed by atoms with van der Waals surface area (Å²) in [6, 6.07) is 3.91. The molecule has 1 heterocycles. The Hall–Kier alpha value is -1.58. The van der Waals surface area contributed by atoms with E-state index in [1.54, 1.807) is 6.20 Å². The highest BCUT2D eigenvalue weighted by molar-refractivity contribution is 5.94. The number of carbonyl (C=O) groups is 1. The highest BCUT2D eigenvalue weighted by Crippen LogP contribution is 2.30. The minimum atomic E-state index is 0.0899. The summed E-state index contributed by atoms with van der Waals surface area (Å²) in [5.41, 5.74) is 0.670. The Kier molecular flexibility index (Phi) is 3.84. The number of aromatic nitrogens is 1. The highest BCUT2D eigenvalue weighted by atomic mass is 16.2. The summed E-state index contributed by atoms with van der Waals surface area (Å²) in [5, 5.41) is 2.95. The number of hydrogen-bond donors (Lipinski definition) is 1. The Morgan fingerprint density at radius 2 is 2.22 bits per heavy atom. The number of anilines is 1. The lowest BCUT2D eigenvalue weighted by molar-refractivity contribution is 0.0696. The van der Waals surface area contributed by atoms with E-state index in [0.29, 0.717) is 11.5 Å². The Bertz CT molecular complexity index is 410. The molecule has 0 radical (unpaired) electrons. The zero-order chi connectivity index (χ0) is 13.1. The largest absolute Gasteiger partial charge is 0.373 e. The van der Waals surface area contributed by atoms with Crippen LogP contribution >= 0.6 is 0 Å². The van der Waals surface area contributed by atoms with Crippen molar-refractivity contribution in [3.8, 4) is 0 Å². The molecule has 1 aromatic heterocycles. The minimum absolute atomic E-state index is 0.0899. The average Bonchev–Trinajstić information content (AvgIpc) is 3.19. The summed E-state index contributed by atoms with van der Waals surface area (Å²) in [6.07, 6.45) is 4.16. The number of hydrogen-bond acceptors (Lipinski definition) is 3. The van der Waals surface area contributed by atoms with Gasteiger partial charge in [0, 0.05) is 25.8 Å². The smallest absolute Gasteiger partial charge is 0.255 e. The molecule has 4 nitrogen and oxygen atoms in total. The number of nitrogens with one attached hydrogen (secondary N) is 1. The third-order valence-electron chi connectivity index (χ3n) is 3.30. The summed E-state index contributed by atoms with van der Waals surface area (Å²) < 4.78 is 0. The van der Waals surface area contributed by atoms with Gasteiger partial charge in [0.05, 0.1) is 5.56 Å². The van der Waals surface area contributed by atoms with E-state index in [1.165, 1.54) is 12.8 Å². The second kappa shape index (κ2) is 5.38. The molecule has 0 spiro atoms. The number of amides is 1. The molecule has 1 N–H and O–H groups in total. The molecule has 1 aromatic rings. The first-order valence-electron chi connectivity index (χ1n) is 6.56. The van der Waals surface area contributed by atoms with Gasteiger partial charge in [0.1, 0.15) is 5.82 Å². The maximum Gasteiger partial charge on any atom is 0.255 e. The fraction of sp³-hybridized carbons (Fsp3) is 0.571. The van der Waals surface area contributed by atoms with Crippen LogP contribution in [0.25, 0.3) is 0 Å². The third kappa shape index (κ3) is 3.00. The summed E-state index contributed by atoms with van der Waals surface area (Å²) >= 11 is 0. The van der Waals surface area contributed by atoms with Crippen LogP contribution < -0.4 is 5.32 Å². The van der Waals surface area contributed by atoms with Crippen LogP contribution in [0.4, 0.5) is 5.82 Å².